The molecule has 19 heavy (non-hydrogen) atoms. The zero-order valence-electron chi connectivity index (χ0n) is 11.2. The van der Waals surface area contributed by atoms with Crippen molar-refractivity contribution in [1.29, 1.82) is 0 Å². The number of nitrogens with one attached hydrogen (secondary N) is 2. The van der Waals surface area contributed by atoms with E-state index in [0.717, 1.165) is 15.7 Å². The molecule has 1 aromatic carbocycles. The number of anilines is 1. The second-order valence-corrected chi connectivity index (χ2v) is 6.56. The van der Waals surface area contributed by atoms with Gasteiger partial charge in [-0.25, -0.2) is 0 Å². The highest BCUT2D eigenvalue weighted by Crippen LogP contribution is 2.21. The number of carbonyl (C=O) groups is 1. The van der Waals surface area contributed by atoms with Crippen molar-refractivity contribution in [3.05, 3.63) is 28.2 Å². The number of amides is 1. The molecule has 0 aliphatic carbocycles. The Hall–Kier alpha value is -1.14. The first kappa shape index (κ1) is 15.9. The van der Waals surface area contributed by atoms with Gasteiger partial charge in [-0.15, -0.1) is 0 Å². The molecule has 0 heterocycles. The van der Waals surface area contributed by atoms with Crippen molar-refractivity contribution < 1.29 is 4.79 Å². The second kappa shape index (κ2) is 6.34. The Bertz CT molecular complexity index is 497. The molecule has 0 aliphatic heterocycles. The van der Waals surface area contributed by atoms with Crippen molar-refractivity contribution in [3.63, 3.8) is 0 Å². The Morgan fingerprint density at radius 1 is 1.42 bits per heavy atom. The lowest BCUT2D eigenvalue weighted by Crippen LogP contribution is -2.43. The van der Waals surface area contributed by atoms with Gasteiger partial charge in [-0.1, -0.05) is 28.1 Å². The molecule has 0 radical (unpaired) electrons. The predicted molar refractivity (Wildman–Crippen MR) is 86.4 cm³/mol. The molecule has 6 heteroatoms. The van der Waals surface area contributed by atoms with Crippen LogP contribution in [0.2, 0.25) is 0 Å². The molecule has 1 rings (SSSR count). The van der Waals surface area contributed by atoms with E-state index < -0.39 is 0 Å². The molecular weight excluding hydrogens is 326 g/mol. The highest BCUT2D eigenvalue weighted by Gasteiger charge is 2.14. The van der Waals surface area contributed by atoms with Crippen molar-refractivity contribution in [2.75, 3.05) is 11.9 Å². The summed E-state index contributed by atoms with van der Waals surface area (Å²) in [6.45, 7) is 5.97. The number of carbonyl (C=O) groups excluding carboxylic acids is 1. The minimum Gasteiger partial charge on any atom is -0.389 e. The van der Waals surface area contributed by atoms with Crippen molar-refractivity contribution in [2.45, 2.75) is 26.3 Å². The van der Waals surface area contributed by atoms with Gasteiger partial charge < -0.3 is 16.4 Å². The molecule has 0 fully saturated rings. The molecule has 0 aliphatic rings. The zero-order chi connectivity index (χ0) is 14.6. The van der Waals surface area contributed by atoms with Gasteiger partial charge in [0.05, 0.1) is 6.54 Å². The maximum Gasteiger partial charge on any atom is 0.239 e. The van der Waals surface area contributed by atoms with Crippen LogP contribution in [0.15, 0.2) is 22.7 Å². The van der Waals surface area contributed by atoms with E-state index >= 15 is 0 Å². The third-order valence-corrected chi connectivity index (χ3v) is 2.91. The van der Waals surface area contributed by atoms with E-state index in [1.54, 1.807) is 0 Å². The Morgan fingerprint density at radius 2 is 2.05 bits per heavy atom. The van der Waals surface area contributed by atoms with Gasteiger partial charge in [0.25, 0.3) is 0 Å². The molecule has 0 spiro atoms. The quantitative estimate of drug-likeness (QED) is 0.734. The maximum absolute atomic E-state index is 11.7. The van der Waals surface area contributed by atoms with Crippen LogP contribution in [-0.2, 0) is 4.79 Å². The summed E-state index contributed by atoms with van der Waals surface area (Å²) < 4.78 is 0.895. The van der Waals surface area contributed by atoms with Crippen molar-refractivity contribution in [3.8, 4) is 0 Å². The molecule has 0 unspecified atom stereocenters. The van der Waals surface area contributed by atoms with Crippen LogP contribution >= 0.6 is 28.1 Å². The van der Waals surface area contributed by atoms with Crippen LogP contribution in [-0.4, -0.2) is 23.0 Å². The van der Waals surface area contributed by atoms with Crippen LogP contribution in [0, 0.1) is 0 Å². The lowest BCUT2D eigenvalue weighted by molar-refractivity contribution is -0.120. The third kappa shape index (κ3) is 5.57. The van der Waals surface area contributed by atoms with E-state index in [4.69, 9.17) is 18.0 Å². The Morgan fingerprint density at radius 3 is 2.58 bits per heavy atom. The lowest BCUT2D eigenvalue weighted by Gasteiger charge is -2.21. The highest BCUT2D eigenvalue weighted by molar-refractivity contribution is 9.10. The summed E-state index contributed by atoms with van der Waals surface area (Å²) in [4.78, 5) is 12.0. The van der Waals surface area contributed by atoms with Gasteiger partial charge in [0.1, 0.15) is 4.99 Å². The van der Waals surface area contributed by atoms with Crippen LogP contribution in [0.5, 0.6) is 0 Å². The van der Waals surface area contributed by atoms with E-state index in [-0.39, 0.29) is 18.0 Å². The first-order valence-electron chi connectivity index (χ1n) is 5.83. The zero-order valence-corrected chi connectivity index (χ0v) is 13.6. The van der Waals surface area contributed by atoms with E-state index in [1.807, 2.05) is 39.0 Å². The topological polar surface area (TPSA) is 67.2 Å². The number of thiocarbonyl (C=S) groups is 1. The Kier molecular flexibility index (Phi) is 5.31. The minimum absolute atomic E-state index is 0.0821. The molecule has 0 saturated carbocycles. The molecule has 4 nitrogen and oxygen atoms in total. The molecule has 0 saturated heterocycles. The Balaban J connectivity index is 2.75. The fraction of sp³-hybridized carbons (Fsp3) is 0.385. The summed E-state index contributed by atoms with van der Waals surface area (Å²) in [5.74, 6) is -0.0821. The number of hydrogen-bond donors (Lipinski definition) is 3. The summed E-state index contributed by atoms with van der Waals surface area (Å²) >= 11 is 8.36. The molecule has 104 valence electrons. The second-order valence-electron chi connectivity index (χ2n) is 5.21. The smallest absolute Gasteiger partial charge is 0.239 e. The molecule has 1 aromatic rings. The average molecular weight is 344 g/mol. The minimum atomic E-state index is -0.248. The third-order valence-electron chi connectivity index (χ3n) is 2.20. The molecule has 0 atom stereocenters. The number of rotatable bonds is 4. The van der Waals surface area contributed by atoms with Gasteiger partial charge in [0.2, 0.25) is 5.91 Å². The largest absolute Gasteiger partial charge is 0.389 e. The van der Waals surface area contributed by atoms with Crippen LogP contribution in [0.4, 0.5) is 5.69 Å². The van der Waals surface area contributed by atoms with Crippen molar-refractivity contribution >= 4 is 44.7 Å². The first-order valence-corrected chi connectivity index (χ1v) is 7.03. The summed E-state index contributed by atoms with van der Waals surface area (Å²) in [5.41, 5.74) is 6.87. The molecule has 0 aromatic heterocycles. The summed E-state index contributed by atoms with van der Waals surface area (Å²) in [7, 11) is 0. The number of hydrogen-bond acceptors (Lipinski definition) is 3. The van der Waals surface area contributed by atoms with E-state index in [2.05, 4.69) is 26.6 Å². The van der Waals surface area contributed by atoms with Crippen molar-refractivity contribution in [1.82, 2.24) is 5.32 Å². The van der Waals surface area contributed by atoms with E-state index in [0.29, 0.717) is 4.99 Å². The summed E-state index contributed by atoms with van der Waals surface area (Å²) in [6, 6.07) is 5.52. The van der Waals surface area contributed by atoms with Crippen LogP contribution < -0.4 is 16.4 Å². The van der Waals surface area contributed by atoms with Crippen LogP contribution in [0.25, 0.3) is 0 Å². The first-order chi connectivity index (χ1) is 8.69. The molecule has 4 N–H and O–H groups in total. The predicted octanol–water partition coefficient (Wildman–Crippen LogP) is 2.41. The van der Waals surface area contributed by atoms with Gasteiger partial charge in [0.15, 0.2) is 0 Å². The SMILES string of the molecule is CC(C)(C)NC(=O)CNc1cc(Br)ccc1C(N)=S. The molecule has 0 bridgehead atoms. The van der Waals surface area contributed by atoms with E-state index in [1.165, 1.54) is 0 Å². The number of halogens is 1. The lowest BCUT2D eigenvalue weighted by atomic mass is 10.1. The van der Waals surface area contributed by atoms with Crippen LogP contribution in [0.1, 0.15) is 26.3 Å². The number of benzene rings is 1. The van der Waals surface area contributed by atoms with Gasteiger partial charge in [-0.05, 0) is 39.0 Å². The monoisotopic (exact) mass is 343 g/mol. The summed E-state index contributed by atoms with van der Waals surface area (Å²) in [6.07, 6.45) is 0. The van der Waals surface area contributed by atoms with Gasteiger partial charge in [0, 0.05) is 21.3 Å². The standard InChI is InChI=1S/C13H18BrN3OS/c1-13(2,3)17-11(18)7-16-10-6-8(14)4-5-9(10)12(15)19/h4-6,16H,7H2,1-3H3,(H2,15,19)(H,17,18). The fourth-order valence-electron chi connectivity index (χ4n) is 1.52. The van der Waals surface area contributed by atoms with Gasteiger partial charge in [-0.2, -0.15) is 0 Å². The molecular formula is C13H18BrN3OS. The van der Waals surface area contributed by atoms with Gasteiger partial charge >= 0.3 is 0 Å². The van der Waals surface area contributed by atoms with Crippen molar-refractivity contribution in [2.24, 2.45) is 5.73 Å². The molecule has 1 amide bonds. The normalized spacial score (nSPS) is 10.9. The fourth-order valence-corrected chi connectivity index (χ4v) is 2.05. The highest BCUT2D eigenvalue weighted by atomic mass is 79.9. The van der Waals surface area contributed by atoms with E-state index in [9.17, 15) is 4.79 Å². The Labute approximate surface area is 127 Å². The number of nitrogens with two attached hydrogens (primary N) is 1. The maximum atomic E-state index is 11.7. The average Bonchev–Trinajstić information content (AvgIpc) is 2.23. The summed E-state index contributed by atoms with van der Waals surface area (Å²) in [5, 5.41) is 5.92. The van der Waals surface area contributed by atoms with Crippen LogP contribution in [0.3, 0.4) is 0 Å². The van der Waals surface area contributed by atoms with Gasteiger partial charge in [-0.3, -0.25) is 4.79 Å².